The zero-order valence-electron chi connectivity index (χ0n) is 12.5. The van der Waals surface area contributed by atoms with Crippen LogP contribution >= 0.6 is 0 Å². The van der Waals surface area contributed by atoms with Crippen LogP contribution in [-0.4, -0.2) is 52.6 Å². The molecular formula is C15H26N2O3. The van der Waals surface area contributed by atoms with Gasteiger partial charge in [0.25, 0.3) is 0 Å². The molecule has 5 nitrogen and oxygen atoms in total. The van der Waals surface area contributed by atoms with E-state index in [0.29, 0.717) is 24.8 Å². The lowest BCUT2D eigenvalue weighted by molar-refractivity contribution is -0.141. The van der Waals surface area contributed by atoms with Gasteiger partial charge >= 0.3 is 12.0 Å². The topological polar surface area (TPSA) is 60.9 Å². The summed E-state index contributed by atoms with van der Waals surface area (Å²) in [5, 5.41) is 9.19. The van der Waals surface area contributed by atoms with Crippen molar-refractivity contribution in [2.45, 2.75) is 52.0 Å². The Balaban J connectivity index is 1.97. The van der Waals surface area contributed by atoms with Crippen LogP contribution in [-0.2, 0) is 4.79 Å². The van der Waals surface area contributed by atoms with E-state index in [1.54, 1.807) is 4.90 Å². The molecule has 2 atom stereocenters. The standard InChI is InChI=1S/C15H26N2O3/c1-11(2)12-5-3-8-16(10-7-12)15(20)17-9-4-6-13(17)14(18)19/h11-13H,3-10H2,1-2H3,(H,18,19). The molecule has 2 unspecified atom stereocenters. The van der Waals surface area contributed by atoms with Gasteiger partial charge in [-0.2, -0.15) is 0 Å². The van der Waals surface area contributed by atoms with Crippen molar-refractivity contribution in [1.29, 1.82) is 0 Å². The molecule has 2 aliphatic heterocycles. The number of hydrogen-bond acceptors (Lipinski definition) is 2. The van der Waals surface area contributed by atoms with E-state index in [2.05, 4.69) is 13.8 Å². The summed E-state index contributed by atoms with van der Waals surface area (Å²) < 4.78 is 0. The summed E-state index contributed by atoms with van der Waals surface area (Å²) in [4.78, 5) is 27.1. The Kier molecular flexibility index (Phi) is 4.89. The van der Waals surface area contributed by atoms with Crippen LogP contribution in [0.4, 0.5) is 4.79 Å². The van der Waals surface area contributed by atoms with Crippen molar-refractivity contribution in [2.24, 2.45) is 11.8 Å². The van der Waals surface area contributed by atoms with Crippen LogP contribution in [0.5, 0.6) is 0 Å². The van der Waals surface area contributed by atoms with Gasteiger partial charge in [-0.05, 0) is 43.9 Å². The number of carbonyl (C=O) groups is 2. The fraction of sp³-hybridized carbons (Fsp3) is 0.867. The smallest absolute Gasteiger partial charge is 0.326 e. The maximum Gasteiger partial charge on any atom is 0.326 e. The molecule has 20 heavy (non-hydrogen) atoms. The van der Waals surface area contributed by atoms with Crippen LogP contribution in [0.15, 0.2) is 0 Å². The van der Waals surface area contributed by atoms with Gasteiger partial charge in [0.1, 0.15) is 6.04 Å². The molecule has 5 heteroatoms. The molecule has 2 heterocycles. The van der Waals surface area contributed by atoms with Crippen molar-refractivity contribution in [1.82, 2.24) is 9.80 Å². The molecule has 2 fully saturated rings. The van der Waals surface area contributed by atoms with Crippen molar-refractivity contribution in [2.75, 3.05) is 19.6 Å². The molecule has 0 bridgehead atoms. The molecule has 114 valence electrons. The third-order valence-corrected chi connectivity index (χ3v) is 4.77. The van der Waals surface area contributed by atoms with E-state index >= 15 is 0 Å². The highest BCUT2D eigenvalue weighted by Gasteiger charge is 2.36. The van der Waals surface area contributed by atoms with E-state index < -0.39 is 12.0 Å². The fourth-order valence-corrected chi connectivity index (χ4v) is 3.41. The Labute approximate surface area is 120 Å². The molecule has 2 amide bonds. The van der Waals surface area contributed by atoms with E-state index in [9.17, 15) is 14.7 Å². The van der Waals surface area contributed by atoms with Crippen molar-refractivity contribution < 1.29 is 14.7 Å². The average Bonchev–Trinajstić information content (AvgIpc) is 2.75. The van der Waals surface area contributed by atoms with E-state index in [4.69, 9.17) is 0 Å². The zero-order chi connectivity index (χ0) is 14.7. The fourth-order valence-electron chi connectivity index (χ4n) is 3.41. The first-order valence-electron chi connectivity index (χ1n) is 7.79. The van der Waals surface area contributed by atoms with Crippen LogP contribution in [0.25, 0.3) is 0 Å². The summed E-state index contributed by atoms with van der Waals surface area (Å²) in [7, 11) is 0. The number of amides is 2. The molecule has 2 rings (SSSR count). The van der Waals surface area contributed by atoms with Gasteiger partial charge in [-0.25, -0.2) is 9.59 Å². The summed E-state index contributed by atoms with van der Waals surface area (Å²) in [5.74, 6) is 0.469. The maximum atomic E-state index is 12.5. The molecular weight excluding hydrogens is 256 g/mol. The SMILES string of the molecule is CC(C)C1CCCN(C(=O)N2CCCC2C(=O)O)CC1. The highest BCUT2D eigenvalue weighted by atomic mass is 16.4. The van der Waals surface area contributed by atoms with Crippen LogP contribution in [0, 0.1) is 11.8 Å². The Morgan fingerprint density at radius 3 is 2.40 bits per heavy atom. The highest BCUT2D eigenvalue weighted by molar-refractivity contribution is 5.83. The van der Waals surface area contributed by atoms with Crippen LogP contribution in [0.1, 0.15) is 46.0 Å². The van der Waals surface area contributed by atoms with Gasteiger partial charge < -0.3 is 14.9 Å². The second-order valence-electron chi connectivity index (χ2n) is 6.39. The molecule has 0 aromatic carbocycles. The van der Waals surface area contributed by atoms with Gasteiger partial charge in [0.05, 0.1) is 0 Å². The van der Waals surface area contributed by atoms with Gasteiger partial charge in [-0.3, -0.25) is 0 Å². The number of carbonyl (C=O) groups excluding carboxylic acids is 1. The number of urea groups is 1. The third kappa shape index (κ3) is 3.25. The van der Waals surface area contributed by atoms with Crippen LogP contribution in [0.2, 0.25) is 0 Å². The van der Waals surface area contributed by atoms with Crippen molar-refractivity contribution in [3.05, 3.63) is 0 Å². The number of carboxylic acids is 1. The van der Waals surface area contributed by atoms with Crippen molar-refractivity contribution in [3.8, 4) is 0 Å². The molecule has 0 radical (unpaired) electrons. The number of likely N-dealkylation sites (tertiary alicyclic amines) is 2. The summed E-state index contributed by atoms with van der Waals surface area (Å²) in [6, 6.07) is -0.689. The van der Waals surface area contributed by atoms with Gasteiger partial charge in [0, 0.05) is 19.6 Å². The minimum Gasteiger partial charge on any atom is -0.480 e. The first kappa shape index (κ1) is 15.1. The molecule has 0 aromatic rings. The van der Waals surface area contributed by atoms with E-state index in [1.165, 1.54) is 6.42 Å². The third-order valence-electron chi connectivity index (χ3n) is 4.77. The molecule has 0 saturated carbocycles. The molecule has 0 aromatic heterocycles. The van der Waals surface area contributed by atoms with E-state index in [0.717, 1.165) is 32.4 Å². The number of carboxylic acid groups (broad SMARTS) is 1. The normalized spacial score (nSPS) is 27.8. The Hall–Kier alpha value is -1.26. The second-order valence-corrected chi connectivity index (χ2v) is 6.39. The minimum absolute atomic E-state index is 0.0701. The van der Waals surface area contributed by atoms with Gasteiger partial charge in [-0.1, -0.05) is 13.8 Å². The first-order chi connectivity index (χ1) is 9.50. The second kappa shape index (κ2) is 6.46. The van der Waals surface area contributed by atoms with Crippen molar-refractivity contribution >= 4 is 12.0 Å². The summed E-state index contributed by atoms with van der Waals surface area (Å²) in [5.41, 5.74) is 0. The van der Waals surface area contributed by atoms with E-state index in [-0.39, 0.29) is 6.03 Å². The lowest BCUT2D eigenvalue weighted by atomic mass is 9.89. The largest absolute Gasteiger partial charge is 0.480 e. The Morgan fingerprint density at radius 2 is 1.75 bits per heavy atom. The van der Waals surface area contributed by atoms with Gasteiger partial charge in [0.2, 0.25) is 0 Å². The van der Waals surface area contributed by atoms with Crippen molar-refractivity contribution in [3.63, 3.8) is 0 Å². The monoisotopic (exact) mass is 282 g/mol. The van der Waals surface area contributed by atoms with E-state index in [1.807, 2.05) is 4.90 Å². The molecule has 1 N–H and O–H groups in total. The highest BCUT2D eigenvalue weighted by Crippen LogP contribution is 2.26. The summed E-state index contributed by atoms with van der Waals surface area (Å²) in [6.45, 7) is 6.60. The summed E-state index contributed by atoms with van der Waals surface area (Å²) in [6.07, 6.45) is 4.62. The molecule has 0 spiro atoms. The number of hydrogen-bond donors (Lipinski definition) is 1. The maximum absolute atomic E-state index is 12.5. The summed E-state index contributed by atoms with van der Waals surface area (Å²) >= 11 is 0. The van der Waals surface area contributed by atoms with Crippen LogP contribution < -0.4 is 0 Å². The number of aliphatic carboxylic acids is 1. The lowest BCUT2D eigenvalue weighted by Crippen LogP contribution is -2.48. The Bertz CT molecular complexity index is 370. The number of nitrogens with zero attached hydrogens (tertiary/aromatic N) is 2. The molecule has 2 aliphatic rings. The average molecular weight is 282 g/mol. The quantitative estimate of drug-likeness (QED) is 0.846. The number of rotatable bonds is 2. The molecule has 2 saturated heterocycles. The van der Waals surface area contributed by atoms with Gasteiger partial charge in [-0.15, -0.1) is 0 Å². The van der Waals surface area contributed by atoms with Gasteiger partial charge in [0.15, 0.2) is 0 Å². The first-order valence-corrected chi connectivity index (χ1v) is 7.79. The predicted molar refractivity (Wildman–Crippen MR) is 76.5 cm³/mol. The predicted octanol–water partition coefficient (Wildman–Crippen LogP) is 2.41. The minimum atomic E-state index is -0.870. The Morgan fingerprint density at radius 1 is 1.05 bits per heavy atom. The molecule has 0 aliphatic carbocycles. The van der Waals surface area contributed by atoms with Crippen LogP contribution in [0.3, 0.4) is 0 Å². The zero-order valence-corrected chi connectivity index (χ0v) is 12.5. The lowest BCUT2D eigenvalue weighted by Gasteiger charge is -2.29.